The number of hydrogen-bond donors (Lipinski definition) is 1. The molecule has 0 aromatic carbocycles. The van der Waals surface area contributed by atoms with E-state index in [1.807, 2.05) is 0 Å². The predicted octanol–water partition coefficient (Wildman–Crippen LogP) is 1.69. The fraction of sp³-hybridized carbons (Fsp3) is 0.375. The van der Waals surface area contributed by atoms with Crippen LogP contribution in [0, 0.1) is 0 Å². The van der Waals surface area contributed by atoms with Gasteiger partial charge < -0.3 is 5.73 Å². The van der Waals surface area contributed by atoms with Gasteiger partial charge in [0, 0.05) is 12.7 Å². The Hall–Kier alpha value is -1.10. The molecule has 0 fully saturated rings. The van der Waals surface area contributed by atoms with Gasteiger partial charge in [-0.05, 0) is 12.1 Å². The summed E-state index contributed by atoms with van der Waals surface area (Å²) in [7, 11) is 0. The van der Waals surface area contributed by atoms with Crippen molar-refractivity contribution in [2.24, 2.45) is 5.73 Å². The number of nitrogens with zero attached hydrogens (tertiary/aromatic N) is 1. The molecule has 0 bridgehead atoms. The van der Waals surface area contributed by atoms with Crippen LogP contribution in [-0.4, -0.2) is 17.7 Å². The van der Waals surface area contributed by atoms with Crippen LogP contribution in [0.15, 0.2) is 24.4 Å². The summed E-state index contributed by atoms with van der Waals surface area (Å²) in [5.41, 5.74) is 5.00. The molecule has 0 radical (unpaired) electrons. The van der Waals surface area contributed by atoms with Gasteiger partial charge in [0.25, 0.3) is 0 Å². The number of hydrogen-bond acceptors (Lipinski definition) is 2. The van der Waals surface area contributed by atoms with Crippen LogP contribution in [0.5, 0.6) is 0 Å². The molecule has 1 rings (SSSR count). The maximum atomic E-state index is 12.3. The smallest absolute Gasteiger partial charge is 0.329 e. The second-order valence-corrected chi connectivity index (χ2v) is 2.58. The zero-order valence-electron chi connectivity index (χ0n) is 6.75. The van der Waals surface area contributed by atoms with Gasteiger partial charge in [0.05, 0.1) is 5.69 Å². The van der Waals surface area contributed by atoms with Crippen molar-refractivity contribution in [3.8, 4) is 0 Å². The Balaban J connectivity index is 2.92. The highest BCUT2D eigenvalue weighted by Crippen LogP contribution is 2.32. The first kappa shape index (κ1) is 9.98. The van der Waals surface area contributed by atoms with Crippen molar-refractivity contribution in [2.75, 3.05) is 6.54 Å². The maximum Gasteiger partial charge on any atom is 0.398 e. The third-order valence-corrected chi connectivity index (χ3v) is 1.68. The monoisotopic (exact) mass is 190 g/mol. The Bertz CT molecular complexity index is 258. The van der Waals surface area contributed by atoms with E-state index in [2.05, 4.69) is 4.98 Å². The van der Waals surface area contributed by atoms with Gasteiger partial charge in [0.15, 0.2) is 0 Å². The van der Waals surface area contributed by atoms with Gasteiger partial charge in [-0.3, -0.25) is 4.98 Å². The minimum Gasteiger partial charge on any atom is -0.329 e. The second kappa shape index (κ2) is 3.74. The average Bonchev–Trinajstić information content (AvgIpc) is 2.05. The molecule has 1 aromatic rings. The van der Waals surface area contributed by atoms with E-state index in [1.54, 1.807) is 6.07 Å². The highest BCUT2D eigenvalue weighted by Gasteiger charge is 2.40. The number of pyridine rings is 1. The van der Waals surface area contributed by atoms with E-state index in [-0.39, 0.29) is 5.69 Å². The summed E-state index contributed by atoms with van der Waals surface area (Å²) in [6, 6.07) is 4.40. The first-order chi connectivity index (χ1) is 6.05. The van der Waals surface area contributed by atoms with E-state index in [9.17, 15) is 13.2 Å². The third kappa shape index (κ3) is 2.42. The molecule has 0 aliphatic carbocycles. The third-order valence-electron chi connectivity index (χ3n) is 1.68. The van der Waals surface area contributed by atoms with Crippen molar-refractivity contribution in [1.29, 1.82) is 0 Å². The van der Waals surface area contributed by atoms with Gasteiger partial charge in [-0.25, -0.2) is 0 Å². The molecule has 0 saturated heterocycles. The van der Waals surface area contributed by atoms with Crippen molar-refractivity contribution in [3.63, 3.8) is 0 Å². The van der Waals surface area contributed by atoms with Crippen LogP contribution in [0.25, 0.3) is 0 Å². The molecule has 72 valence electrons. The van der Waals surface area contributed by atoms with E-state index in [0.717, 1.165) is 0 Å². The zero-order chi connectivity index (χ0) is 9.90. The van der Waals surface area contributed by atoms with Crippen molar-refractivity contribution >= 4 is 0 Å². The summed E-state index contributed by atoms with van der Waals surface area (Å²) < 4.78 is 36.9. The summed E-state index contributed by atoms with van der Waals surface area (Å²) in [4.78, 5) is 3.62. The Morgan fingerprint density at radius 2 is 2.08 bits per heavy atom. The predicted molar refractivity (Wildman–Crippen MR) is 42.1 cm³/mol. The molecular formula is C8H9F3N2. The van der Waals surface area contributed by atoms with Crippen LogP contribution in [0.3, 0.4) is 0 Å². The minimum absolute atomic E-state index is 0.0301. The molecule has 1 atom stereocenters. The highest BCUT2D eigenvalue weighted by molar-refractivity contribution is 5.11. The molecule has 0 amide bonds. The lowest BCUT2D eigenvalue weighted by Gasteiger charge is -2.17. The fourth-order valence-corrected chi connectivity index (χ4v) is 1.00. The van der Waals surface area contributed by atoms with Crippen molar-refractivity contribution in [1.82, 2.24) is 4.98 Å². The molecule has 2 N–H and O–H groups in total. The first-order valence-electron chi connectivity index (χ1n) is 3.73. The standard InChI is InChI=1S/C8H9F3N2/c9-8(10,11)6(5-12)7-3-1-2-4-13-7/h1-4,6H,5,12H2. The SMILES string of the molecule is NCC(c1ccccn1)C(F)(F)F. The van der Waals surface area contributed by atoms with Gasteiger partial charge in [0.2, 0.25) is 0 Å². The van der Waals surface area contributed by atoms with Crippen molar-refractivity contribution < 1.29 is 13.2 Å². The van der Waals surface area contributed by atoms with Gasteiger partial charge in [-0.1, -0.05) is 6.07 Å². The van der Waals surface area contributed by atoms with Crippen molar-refractivity contribution in [3.05, 3.63) is 30.1 Å². The van der Waals surface area contributed by atoms with Crippen LogP contribution < -0.4 is 5.73 Å². The molecule has 1 unspecified atom stereocenters. The summed E-state index contributed by atoms with van der Waals surface area (Å²) in [5.74, 6) is -1.66. The Morgan fingerprint density at radius 3 is 2.46 bits per heavy atom. The maximum absolute atomic E-state index is 12.3. The van der Waals surface area contributed by atoms with Gasteiger partial charge in [-0.2, -0.15) is 13.2 Å². The van der Waals surface area contributed by atoms with E-state index in [4.69, 9.17) is 5.73 Å². The van der Waals surface area contributed by atoms with Crippen LogP contribution >= 0.6 is 0 Å². The Kier molecular flexibility index (Phi) is 2.87. The number of aromatic nitrogens is 1. The van der Waals surface area contributed by atoms with Gasteiger partial charge >= 0.3 is 6.18 Å². The molecule has 0 aliphatic heterocycles. The molecule has 1 heterocycles. The number of rotatable bonds is 2. The zero-order valence-corrected chi connectivity index (χ0v) is 6.75. The van der Waals surface area contributed by atoms with E-state index < -0.39 is 18.6 Å². The van der Waals surface area contributed by atoms with E-state index in [1.165, 1.54) is 18.3 Å². The van der Waals surface area contributed by atoms with Gasteiger partial charge in [-0.15, -0.1) is 0 Å². The average molecular weight is 190 g/mol. The Morgan fingerprint density at radius 1 is 1.38 bits per heavy atom. The Labute approximate surface area is 73.6 Å². The highest BCUT2D eigenvalue weighted by atomic mass is 19.4. The lowest BCUT2D eigenvalue weighted by Crippen LogP contribution is -2.28. The summed E-state index contributed by atoms with van der Waals surface area (Å²) in [5, 5.41) is 0. The largest absolute Gasteiger partial charge is 0.398 e. The number of nitrogens with two attached hydrogens (primary N) is 1. The van der Waals surface area contributed by atoms with Crippen molar-refractivity contribution in [2.45, 2.75) is 12.1 Å². The summed E-state index contributed by atoms with van der Waals surface area (Å²) in [6.45, 7) is -0.472. The molecule has 1 aromatic heterocycles. The van der Waals surface area contributed by atoms with E-state index >= 15 is 0 Å². The van der Waals surface area contributed by atoms with Crippen LogP contribution in [0.4, 0.5) is 13.2 Å². The molecular weight excluding hydrogens is 181 g/mol. The van der Waals surface area contributed by atoms with Gasteiger partial charge in [0.1, 0.15) is 5.92 Å². The van der Waals surface area contributed by atoms with E-state index in [0.29, 0.717) is 0 Å². The molecule has 2 nitrogen and oxygen atoms in total. The number of alkyl halides is 3. The first-order valence-corrected chi connectivity index (χ1v) is 3.73. The quantitative estimate of drug-likeness (QED) is 0.770. The summed E-state index contributed by atoms with van der Waals surface area (Å²) >= 11 is 0. The minimum atomic E-state index is -4.32. The second-order valence-electron chi connectivity index (χ2n) is 2.58. The van der Waals surface area contributed by atoms with Crippen LogP contribution in [-0.2, 0) is 0 Å². The molecule has 0 aliphatic rings. The molecule has 13 heavy (non-hydrogen) atoms. The molecule has 5 heteroatoms. The topological polar surface area (TPSA) is 38.9 Å². The van der Waals surface area contributed by atoms with Crippen LogP contribution in [0.1, 0.15) is 11.6 Å². The summed E-state index contributed by atoms with van der Waals surface area (Å²) in [6.07, 6.45) is -2.99. The molecule has 0 saturated carbocycles. The van der Waals surface area contributed by atoms with Crippen LogP contribution in [0.2, 0.25) is 0 Å². The fourth-order valence-electron chi connectivity index (χ4n) is 1.00. The lowest BCUT2D eigenvalue weighted by atomic mass is 10.1. The number of halogens is 3. The molecule has 0 spiro atoms. The lowest BCUT2D eigenvalue weighted by molar-refractivity contribution is -0.148. The normalized spacial score (nSPS) is 14.2.